The van der Waals surface area contributed by atoms with Gasteiger partial charge in [0.15, 0.2) is 0 Å². The molecule has 8 heteroatoms. The topological polar surface area (TPSA) is 57.3 Å². The van der Waals surface area contributed by atoms with Crippen molar-refractivity contribution in [3.63, 3.8) is 0 Å². The van der Waals surface area contributed by atoms with Gasteiger partial charge in [-0.25, -0.2) is 0 Å². The number of pyridine rings is 2. The van der Waals surface area contributed by atoms with E-state index in [-0.39, 0.29) is 11.8 Å². The Morgan fingerprint density at radius 1 is 1.15 bits per heavy atom. The van der Waals surface area contributed by atoms with Crippen LogP contribution in [0.3, 0.4) is 0 Å². The normalized spacial score (nSPS) is 18.2. The first-order valence-corrected chi connectivity index (χ1v) is 13.5. The van der Waals surface area contributed by atoms with Crippen LogP contribution in [0.1, 0.15) is 46.7 Å². The minimum atomic E-state index is 0.132. The van der Waals surface area contributed by atoms with Gasteiger partial charge in [0.2, 0.25) is 18.3 Å². The lowest BCUT2D eigenvalue weighted by Crippen LogP contribution is -2.41. The molecule has 0 radical (unpaired) electrons. The molecule has 1 aliphatic heterocycles. The Morgan fingerprint density at radius 2 is 1.88 bits per heavy atom. The Bertz CT molecular complexity index is 1230. The number of halogens is 3. The standard InChI is InChI=1S/C26H25Br2ClN3O2/c27-19-14-18-1-2-21-20(3-4-22(29)25(21)28)24(26(18)30-15-19)17-7-9-31(10-8-17)23(33)13-16-5-11-32(34)12-6-16/h3-6,11-12,14-15,17,24,34H,1-2,7-10,13H2/q+1/t24-/m0/s1. The second-order valence-corrected chi connectivity index (χ2v) is 11.2. The molecule has 34 heavy (non-hydrogen) atoms. The van der Waals surface area contributed by atoms with Gasteiger partial charge in [0.05, 0.1) is 17.1 Å². The molecule has 0 saturated carbocycles. The van der Waals surface area contributed by atoms with Gasteiger partial charge in [-0.05, 0) is 97.8 Å². The molecule has 1 atom stereocenters. The maximum atomic E-state index is 12.9. The van der Waals surface area contributed by atoms with Gasteiger partial charge in [-0.3, -0.25) is 15.0 Å². The largest absolute Gasteiger partial charge is 0.342 e. The molecule has 5 rings (SSSR count). The van der Waals surface area contributed by atoms with Crippen molar-refractivity contribution in [1.29, 1.82) is 0 Å². The van der Waals surface area contributed by atoms with Crippen molar-refractivity contribution in [3.05, 3.63) is 90.8 Å². The zero-order valence-electron chi connectivity index (χ0n) is 18.6. The van der Waals surface area contributed by atoms with E-state index in [4.69, 9.17) is 16.6 Å². The van der Waals surface area contributed by atoms with Crippen molar-refractivity contribution in [2.24, 2.45) is 5.92 Å². The Balaban J connectivity index is 1.39. The first-order valence-electron chi connectivity index (χ1n) is 11.5. The minimum absolute atomic E-state index is 0.132. The fraction of sp³-hybridized carbons (Fsp3) is 0.346. The number of aryl methyl sites for hydroxylation is 1. The van der Waals surface area contributed by atoms with Gasteiger partial charge < -0.3 is 4.90 Å². The molecule has 2 aromatic heterocycles. The van der Waals surface area contributed by atoms with Gasteiger partial charge in [-0.15, -0.1) is 0 Å². The van der Waals surface area contributed by atoms with Gasteiger partial charge in [0.1, 0.15) is 0 Å². The van der Waals surface area contributed by atoms with E-state index in [1.165, 1.54) is 16.7 Å². The number of nitrogens with zero attached hydrogens (tertiary/aromatic N) is 3. The highest BCUT2D eigenvalue weighted by Crippen LogP contribution is 2.45. The highest BCUT2D eigenvalue weighted by molar-refractivity contribution is 9.10. The molecule has 3 aromatic rings. The van der Waals surface area contributed by atoms with Gasteiger partial charge in [-0.2, -0.15) is 0 Å². The number of carbonyl (C=O) groups excluding carboxylic acids is 1. The molecule has 176 valence electrons. The summed E-state index contributed by atoms with van der Waals surface area (Å²) in [5.41, 5.74) is 5.91. The van der Waals surface area contributed by atoms with Crippen LogP contribution in [0.15, 0.2) is 57.9 Å². The molecule has 1 amide bonds. The summed E-state index contributed by atoms with van der Waals surface area (Å²) in [4.78, 5) is 19.8. The third-order valence-corrected chi connectivity index (χ3v) is 8.96. The highest BCUT2D eigenvalue weighted by Gasteiger charge is 2.35. The zero-order chi connectivity index (χ0) is 23.8. The molecular weight excluding hydrogens is 582 g/mol. The average Bonchev–Trinajstić information content (AvgIpc) is 3.00. The van der Waals surface area contributed by atoms with Crippen molar-refractivity contribution in [1.82, 2.24) is 9.88 Å². The van der Waals surface area contributed by atoms with Gasteiger partial charge in [0, 0.05) is 51.0 Å². The molecule has 1 aliphatic carbocycles. The predicted octanol–water partition coefficient (Wildman–Crippen LogP) is 5.50. The number of hydrogen-bond acceptors (Lipinski definition) is 3. The quantitative estimate of drug-likeness (QED) is 0.317. The third-order valence-electron chi connectivity index (χ3n) is 7.08. The van der Waals surface area contributed by atoms with Crippen molar-refractivity contribution in [3.8, 4) is 0 Å². The van der Waals surface area contributed by atoms with Crippen molar-refractivity contribution in [2.75, 3.05) is 13.1 Å². The second kappa shape index (κ2) is 9.96. The molecule has 1 aromatic carbocycles. The number of piperidine rings is 1. The molecule has 1 fully saturated rings. The van der Waals surface area contributed by atoms with Crippen LogP contribution in [0, 0.1) is 5.92 Å². The first kappa shape index (κ1) is 23.8. The van der Waals surface area contributed by atoms with E-state index in [2.05, 4.69) is 44.0 Å². The van der Waals surface area contributed by atoms with Crippen molar-refractivity contribution < 1.29 is 14.7 Å². The summed E-state index contributed by atoms with van der Waals surface area (Å²) in [6.45, 7) is 1.48. The molecule has 0 bridgehead atoms. The maximum absolute atomic E-state index is 12.9. The Morgan fingerprint density at radius 3 is 2.62 bits per heavy atom. The molecule has 1 N–H and O–H groups in total. The van der Waals surface area contributed by atoms with Crippen LogP contribution in [0.2, 0.25) is 5.02 Å². The van der Waals surface area contributed by atoms with Crippen LogP contribution >= 0.6 is 43.5 Å². The van der Waals surface area contributed by atoms with E-state index in [1.54, 1.807) is 24.5 Å². The molecule has 0 spiro atoms. The number of amides is 1. The summed E-state index contributed by atoms with van der Waals surface area (Å²) >= 11 is 13.8. The third kappa shape index (κ3) is 4.75. The van der Waals surface area contributed by atoms with E-state index in [1.807, 2.05) is 17.2 Å². The second-order valence-electron chi connectivity index (χ2n) is 9.09. The van der Waals surface area contributed by atoms with Gasteiger partial charge in [-0.1, -0.05) is 17.7 Å². The fourth-order valence-corrected chi connectivity index (χ4v) is 6.46. The number of likely N-dealkylation sites (tertiary alicyclic amines) is 1. The van der Waals surface area contributed by atoms with Crippen molar-refractivity contribution >= 4 is 49.4 Å². The lowest BCUT2D eigenvalue weighted by molar-refractivity contribution is -0.904. The first-order chi connectivity index (χ1) is 16.4. The van der Waals surface area contributed by atoms with E-state index < -0.39 is 0 Å². The van der Waals surface area contributed by atoms with Crippen LogP contribution in [-0.4, -0.2) is 34.1 Å². The molecular formula is C26H25Br2ClN3O2+. The van der Waals surface area contributed by atoms with Gasteiger partial charge >= 0.3 is 0 Å². The zero-order valence-corrected chi connectivity index (χ0v) is 22.5. The van der Waals surface area contributed by atoms with E-state index >= 15 is 0 Å². The summed E-state index contributed by atoms with van der Waals surface area (Å²) in [7, 11) is 0. The molecule has 5 nitrogen and oxygen atoms in total. The van der Waals surface area contributed by atoms with Crippen LogP contribution in [0.25, 0.3) is 0 Å². The summed E-state index contributed by atoms with van der Waals surface area (Å²) in [6.07, 6.45) is 9.04. The Labute approximate surface area is 221 Å². The number of aromatic nitrogens is 2. The predicted molar refractivity (Wildman–Crippen MR) is 137 cm³/mol. The number of hydrogen-bond donors (Lipinski definition) is 1. The Kier molecular flexibility index (Phi) is 6.96. The molecule has 1 saturated heterocycles. The Hall–Kier alpha value is -1.96. The summed E-state index contributed by atoms with van der Waals surface area (Å²) in [5.74, 6) is 0.708. The van der Waals surface area contributed by atoms with E-state index in [9.17, 15) is 10.0 Å². The number of fused-ring (bicyclic) bond motifs is 2. The number of benzene rings is 1. The van der Waals surface area contributed by atoms with Crippen molar-refractivity contribution in [2.45, 2.75) is 38.0 Å². The molecule has 3 heterocycles. The smallest absolute Gasteiger partial charge is 0.226 e. The average molecular weight is 607 g/mol. The number of rotatable bonds is 3. The summed E-state index contributed by atoms with van der Waals surface area (Å²) in [6, 6.07) is 9.90. The van der Waals surface area contributed by atoms with Crippen LogP contribution in [0.4, 0.5) is 0 Å². The minimum Gasteiger partial charge on any atom is -0.342 e. The summed E-state index contributed by atoms with van der Waals surface area (Å²) < 4.78 is 2.98. The molecule has 2 aliphatic rings. The van der Waals surface area contributed by atoms with Crippen LogP contribution < -0.4 is 4.73 Å². The number of carbonyl (C=O) groups is 1. The SMILES string of the molecule is O=C(Cc1cc[n+](O)cc1)N1CCC([C@H]2c3ccc(Cl)c(Br)c3CCc3cc(Br)cnc32)CC1. The van der Waals surface area contributed by atoms with Crippen LogP contribution in [0.5, 0.6) is 0 Å². The molecule has 0 unspecified atom stereocenters. The lowest BCUT2D eigenvalue weighted by atomic mass is 9.76. The van der Waals surface area contributed by atoms with E-state index in [0.717, 1.165) is 68.7 Å². The van der Waals surface area contributed by atoms with E-state index in [0.29, 0.717) is 12.3 Å². The maximum Gasteiger partial charge on any atom is 0.226 e. The monoisotopic (exact) mass is 604 g/mol. The van der Waals surface area contributed by atoms with Gasteiger partial charge in [0.25, 0.3) is 0 Å². The lowest BCUT2D eigenvalue weighted by Gasteiger charge is -2.37. The highest BCUT2D eigenvalue weighted by atomic mass is 79.9. The summed E-state index contributed by atoms with van der Waals surface area (Å²) in [5, 5.41) is 10.1. The van der Waals surface area contributed by atoms with Crippen LogP contribution in [-0.2, 0) is 24.1 Å². The fourth-order valence-electron chi connectivity index (χ4n) is 5.35.